The molecule has 62 valence electrons. The van der Waals surface area contributed by atoms with Gasteiger partial charge in [0.05, 0.1) is 26.7 Å². The van der Waals surface area contributed by atoms with Gasteiger partial charge in [-0.3, -0.25) is 0 Å². The summed E-state index contributed by atoms with van der Waals surface area (Å²) in [5.41, 5.74) is 0. The number of quaternary nitrogens is 1. The third kappa shape index (κ3) is 2.70. The molecule has 0 amide bonds. The molecule has 0 aliphatic carbocycles. The van der Waals surface area contributed by atoms with Crippen LogP contribution in [0.2, 0.25) is 0 Å². The molecule has 1 saturated heterocycles. The minimum Gasteiger partial charge on any atom is -0.326 e. The molecule has 1 rings (SSSR count). The van der Waals surface area contributed by atoms with Crippen LogP contribution in [0.15, 0.2) is 0 Å². The fourth-order valence-electron chi connectivity index (χ4n) is 1.42. The molecule has 0 saturated carbocycles. The van der Waals surface area contributed by atoms with Gasteiger partial charge in [-0.2, -0.15) is 0 Å². The zero-order valence-electron chi connectivity index (χ0n) is 7.98. The second kappa shape index (κ2) is 4.73. The quantitative estimate of drug-likeness (QED) is 0.495. The summed E-state index contributed by atoms with van der Waals surface area (Å²) in [5.74, 6) is 0. The first-order valence-electron chi connectivity index (χ1n) is 4.60. The minimum atomic E-state index is 1.32. The fraction of sp³-hybridized carbons (Fsp3) is 1.00. The molecule has 1 aliphatic rings. The average molecular weight is 144 g/mol. The standard InChI is InChI=1S/C7H16N.C2H6/c1-3-8(2)6-4-5-7-8;1-2/h3-7H2,1-2H3;1-2H3/q+1;. The van der Waals surface area contributed by atoms with Crippen LogP contribution in [0.25, 0.3) is 0 Å². The van der Waals surface area contributed by atoms with Crippen LogP contribution in [0.3, 0.4) is 0 Å². The summed E-state index contributed by atoms with van der Waals surface area (Å²) in [7, 11) is 2.35. The van der Waals surface area contributed by atoms with Crippen LogP contribution in [0.4, 0.5) is 0 Å². The monoisotopic (exact) mass is 144 g/mol. The molecule has 0 aromatic rings. The lowest BCUT2D eigenvalue weighted by atomic mass is 10.4. The largest absolute Gasteiger partial charge is 0.326 e. The van der Waals surface area contributed by atoms with Gasteiger partial charge >= 0.3 is 0 Å². The first-order chi connectivity index (χ1) is 4.77. The van der Waals surface area contributed by atoms with Crippen LogP contribution in [0.1, 0.15) is 33.6 Å². The van der Waals surface area contributed by atoms with E-state index in [-0.39, 0.29) is 0 Å². The average Bonchev–Trinajstić information content (AvgIpc) is 2.42. The van der Waals surface area contributed by atoms with Crippen LogP contribution >= 0.6 is 0 Å². The molecule has 10 heavy (non-hydrogen) atoms. The molecule has 0 unspecified atom stereocenters. The van der Waals surface area contributed by atoms with Crippen LogP contribution in [0, 0.1) is 0 Å². The Kier molecular flexibility index (Phi) is 4.71. The Bertz CT molecular complexity index is 72.8. The lowest BCUT2D eigenvalue weighted by molar-refractivity contribution is -0.895. The lowest BCUT2D eigenvalue weighted by Gasteiger charge is -2.26. The van der Waals surface area contributed by atoms with Crippen molar-refractivity contribution in [3.63, 3.8) is 0 Å². The second-order valence-corrected chi connectivity index (χ2v) is 3.09. The van der Waals surface area contributed by atoms with Crippen molar-refractivity contribution in [2.24, 2.45) is 0 Å². The molecular formula is C9H22N+. The Morgan fingerprint density at radius 3 is 1.70 bits per heavy atom. The van der Waals surface area contributed by atoms with Gasteiger partial charge in [0.2, 0.25) is 0 Å². The maximum absolute atomic E-state index is 2.35. The van der Waals surface area contributed by atoms with E-state index in [2.05, 4.69) is 14.0 Å². The zero-order valence-corrected chi connectivity index (χ0v) is 7.98. The molecule has 0 aromatic carbocycles. The summed E-state index contributed by atoms with van der Waals surface area (Å²) >= 11 is 0. The normalized spacial score (nSPS) is 21.6. The number of nitrogens with zero attached hydrogens (tertiary/aromatic N) is 1. The van der Waals surface area contributed by atoms with E-state index >= 15 is 0 Å². The van der Waals surface area contributed by atoms with E-state index in [9.17, 15) is 0 Å². The Hall–Kier alpha value is -0.0400. The molecule has 1 heterocycles. The third-order valence-electron chi connectivity index (χ3n) is 2.41. The first-order valence-corrected chi connectivity index (χ1v) is 4.60. The predicted octanol–water partition coefficient (Wildman–Crippen LogP) is 2.27. The number of hydrogen-bond acceptors (Lipinski definition) is 0. The highest BCUT2D eigenvalue weighted by atomic mass is 15.3. The molecule has 0 aromatic heterocycles. The van der Waals surface area contributed by atoms with E-state index in [1.807, 2.05) is 13.8 Å². The van der Waals surface area contributed by atoms with Crippen molar-refractivity contribution in [1.29, 1.82) is 0 Å². The lowest BCUT2D eigenvalue weighted by Crippen LogP contribution is -2.40. The third-order valence-corrected chi connectivity index (χ3v) is 2.41. The van der Waals surface area contributed by atoms with E-state index in [1.165, 1.54) is 37.0 Å². The molecule has 0 spiro atoms. The first kappa shape index (κ1) is 9.96. The molecule has 0 atom stereocenters. The Balaban J connectivity index is 0.000000371. The SMILES string of the molecule is CC.CC[N+]1(C)CCCC1. The van der Waals surface area contributed by atoms with Gasteiger partial charge in [0.1, 0.15) is 0 Å². The van der Waals surface area contributed by atoms with Gasteiger partial charge in [-0.25, -0.2) is 0 Å². The van der Waals surface area contributed by atoms with Crippen molar-refractivity contribution in [3.8, 4) is 0 Å². The van der Waals surface area contributed by atoms with E-state index in [0.29, 0.717) is 0 Å². The molecule has 1 nitrogen and oxygen atoms in total. The Labute approximate surface area is 65.6 Å². The highest BCUT2D eigenvalue weighted by molar-refractivity contribution is 4.49. The molecule has 1 heteroatoms. The molecule has 0 bridgehead atoms. The van der Waals surface area contributed by atoms with Crippen LogP contribution in [-0.2, 0) is 0 Å². The maximum Gasteiger partial charge on any atom is 0.0786 e. The van der Waals surface area contributed by atoms with Gasteiger partial charge in [0.15, 0.2) is 0 Å². The van der Waals surface area contributed by atoms with Gasteiger partial charge in [0, 0.05) is 12.8 Å². The topological polar surface area (TPSA) is 0 Å². The molecule has 1 aliphatic heterocycles. The number of likely N-dealkylation sites (tertiary alicyclic amines) is 1. The van der Waals surface area contributed by atoms with Crippen molar-refractivity contribution < 1.29 is 4.48 Å². The summed E-state index contributed by atoms with van der Waals surface area (Å²) in [6.07, 6.45) is 2.90. The highest BCUT2D eigenvalue weighted by Crippen LogP contribution is 2.14. The number of rotatable bonds is 1. The van der Waals surface area contributed by atoms with Crippen LogP contribution in [-0.4, -0.2) is 31.2 Å². The number of hydrogen-bond donors (Lipinski definition) is 0. The van der Waals surface area contributed by atoms with Crippen molar-refractivity contribution >= 4 is 0 Å². The van der Waals surface area contributed by atoms with Gasteiger partial charge in [-0.05, 0) is 6.92 Å². The van der Waals surface area contributed by atoms with Crippen molar-refractivity contribution in [2.75, 3.05) is 26.7 Å². The summed E-state index contributed by atoms with van der Waals surface area (Å²) in [5, 5.41) is 0. The smallest absolute Gasteiger partial charge is 0.0786 e. The molecule has 1 fully saturated rings. The summed E-state index contributed by atoms with van der Waals surface area (Å²) in [6.45, 7) is 10.4. The summed E-state index contributed by atoms with van der Waals surface area (Å²) in [6, 6.07) is 0. The van der Waals surface area contributed by atoms with Gasteiger partial charge in [0.25, 0.3) is 0 Å². The zero-order chi connectivity index (χ0) is 8.04. The van der Waals surface area contributed by atoms with Gasteiger partial charge in [-0.1, -0.05) is 13.8 Å². The summed E-state index contributed by atoms with van der Waals surface area (Å²) < 4.78 is 1.32. The van der Waals surface area contributed by atoms with Crippen LogP contribution < -0.4 is 0 Å². The molecular weight excluding hydrogens is 122 g/mol. The summed E-state index contributed by atoms with van der Waals surface area (Å²) in [4.78, 5) is 0. The minimum absolute atomic E-state index is 1.32. The fourth-order valence-corrected chi connectivity index (χ4v) is 1.42. The van der Waals surface area contributed by atoms with Gasteiger partial charge in [-0.15, -0.1) is 0 Å². The van der Waals surface area contributed by atoms with Gasteiger partial charge < -0.3 is 4.48 Å². The van der Waals surface area contributed by atoms with Crippen LogP contribution in [0.5, 0.6) is 0 Å². The van der Waals surface area contributed by atoms with E-state index < -0.39 is 0 Å². The predicted molar refractivity (Wildman–Crippen MR) is 47.0 cm³/mol. The molecule has 0 N–H and O–H groups in total. The van der Waals surface area contributed by atoms with Crippen molar-refractivity contribution in [1.82, 2.24) is 0 Å². The Morgan fingerprint density at radius 2 is 1.50 bits per heavy atom. The van der Waals surface area contributed by atoms with E-state index in [0.717, 1.165) is 0 Å². The van der Waals surface area contributed by atoms with E-state index in [4.69, 9.17) is 0 Å². The van der Waals surface area contributed by atoms with Crippen molar-refractivity contribution in [2.45, 2.75) is 33.6 Å². The molecule has 0 radical (unpaired) electrons. The maximum atomic E-state index is 2.35. The van der Waals surface area contributed by atoms with Crippen molar-refractivity contribution in [3.05, 3.63) is 0 Å². The highest BCUT2D eigenvalue weighted by Gasteiger charge is 2.23. The van der Waals surface area contributed by atoms with E-state index in [1.54, 1.807) is 0 Å². The Morgan fingerprint density at radius 1 is 1.10 bits per heavy atom. The second-order valence-electron chi connectivity index (χ2n) is 3.09.